The minimum absolute atomic E-state index is 0.00787. The van der Waals surface area contributed by atoms with Gasteiger partial charge >= 0.3 is 0 Å². The summed E-state index contributed by atoms with van der Waals surface area (Å²) in [4.78, 5) is 11.7. The average molecular weight is 226 g/mol. The predicted octanol–water partition coefficient (Wildman–Crippen LogP) is 2.07. The lowest BCUT2D eigenvalue weighted by Crippen LogP contribution is -2.46. The molecular formula is C13H26N2O. The second-order valence-corrected chi connectivity index (χ2v) is 6.00. The molecule has 0 aromatic rings. The summed E-state index contributed by atoms with van der Waals surface area (Å²) in [7, 11) is 0. The summed E-state index contributed by atoms with van der Waals surface area (Å²) in [5, 5.41) is 6.30. The molecule has 0 heterocycles. The zero-order valence-corrected chi connectivity index (χ0v) is 11.1. The van der Waals surface area contributed by atoms with Gasteiger partial charge in [0.2, 0.25) is 5.91 Å². The zero-order valence-electron chi connectivity index (χ0n) is 11.1. The molecule has 0 saturated heterocycles. The maximum Gasteiger partial charge on any atom is 0.234 e. The second-order valence-electron chi connectivity index (χ2n) is 6.00. The Morgan fingerprint density at radius 2 is 1.88 bits per heavy atom. The highest BCUT2D eigenvalue weighted by atomic mass is 16.2. The van der Waals surface area contributed by atoms with Crippen molar-refractivity contribution in [3.8, 4) is 0 Å². The number of hydrogen-bond acceptors (Lipinski definition) is 2. The number of amides is 1. The van der Waals surface area contributed by atoms with E-state index in [1.807, 2.05) is 0 Å². The molecule has 16 heavy (non-hydrogen) atoms. The quantitative estimate of drug-likeness (QED) is 0.770. The first-order chi connectivity index (χ1) is 7.38. The molecule has 0 spiro atoms. The van der Waals surface area contributed by atoms with E-state index in [9.17, 15) is 4.79 Å². The number of carbonyl (C=O) groups excluding carboxylic acids is 1. The highest BCUT2D eigenvalue weighted by Gasteiger charge is 2.22. The van der Waals surface area contributed by atoms with Crippen molar-refractivity contribution in [2.24, 2.45) is 5.92 Å². The Bertz CT molecular complexity index is 227. The molecule has 1 rings (SSSR count). The Morgan fingerprint density at radius 3 is 2.38 bits per heavy atom. The highest BCUT2D eigenvalue weighted by Crippen LogP contribution is 2.27. The van der Waals surface area contributed by atoms with E-state index in [1.54, 1.807) is 0 Å². The fraction of sp³-hybridized carbons (Fsp3) is 0.923. The fourth-order valence-corrected chi connectivity index (χ4v) is 2.23. The van der Waals surface area contributed by atoms with Gasteiger partial charge in [-0.1, -0.05) is 12.8 Å². The van der Waals surface area contributed by atoms with Crippen LogP contribution in [0, 0.1) is 5.92 Å². The molecule has 1 aliphatic rings. The van der Waals surface area contributed by atoms with Crippen molar-refractivity contribution in [1.82, 2.24) is 10.6 Å². The first-order valence-corrected chi connectivity index (χ1v) is 6.43. The van der Waals surface area contributed by atoms with E-state index < -0.39 is 0 Å². The lowest BCUT2D eigenvalue weighted by Gasteiger charge is -2.23. The van der Waals surface area contributed by atoms with Gasteiger partial charge in [0.05, 0.1) is 6.54 Å². The first-order valence-electron chi connectivity index (χ1n) is 6.43. The molecule has 3 nitrogen and oxygen atoms in total. The maximum atomic E-state index is 11.7. The van der Waals surface area contributed by atoms with E-state index in [1.165, 1.54) is 25.7 Å². The van der Waals surface area contributed by atoms with Crippen LogP contribution in [0.3, 0.4) is 0 Å². The molecule has 2 N–H and O–H groups in total. The van der Waals surface area contributed by atoms with Gasteiger partial charge in [-0.3, -0.25) is 4.79 Å². The van der Waals surface area contributed by atoms with Crippen LogP contribution in [0.5, 0.6) is 0 Å². The van der Waals surface area contributed by atoms with E-state index in [-0.39, 0.29) is 11.4 Å². The number of carbonyl (C=O) groups is 1. The third kappa shape index (κ3) is 4.97. The van der Waals surface area contributed by atoms with E-state index >= 15 is 0 Å². The van der Waals surface area contributed by atoms with Crippen LogP contribution in [0.4, 0.5) is 0 Å². The lowest BCUT2D eigenvalue weighted by molar-refractivity contribution is -0.121. The summed E-state index contributed by atoms with van der Waals surface area (Å²) in [6, 6.07) is 0.330. The van der Waals surface area contributed by atoms with Crippen molar-refractivity contribution >= 4 is 5.91 Å². The predicted molar refractivity (Wildman–Crippen MR) is 67.3 cm³/mol. The summed E-state index contributed by atoms with van der Waals surface area (Å²) in [5.41, 5.74) is 0.00787. The second kappa shape index (κ2) is 5.67. The van der Waals surface area contributed by atoms with Gasteiger partial charge in [0.15, 0.2) is 0 Å². The van der Waals surface area contributed by atoms with Gasteiger partial charge in [0.1, 0.15) is 0 Å². The molecule has 0 aromatic carbocycles. The number of nitrogens with one attached hydrogen (secondary N) is 2. The van der Waals surface area contributed by atoms with Gasteiger partial charge in [0, 0.05) is 11.6 Å². The van der Waals surface area contributed by atoms with Crippen molar-refractivity contribution in [3.05, 3.63) is 0 Å². The molecule has 1 fully saturated rings. The molecule has 0 radical (unpaired) electrons. The number of hydrogen-bond donors (Lipinski definition) is 2. The van der Waals surface area contributed by atoms with E-state index in [2.05, 4.69) is 38.3 Å². The van der Waals surface area contributed by atoms with Crippen LogP contribution in [-0.4, -0.2) is 24.0 Å². The molecule has 1 saturated carbocycles. The molecule has 94 valence electrons. The molecule has 0 aromatic heterocycles. The summed E-state index contributed by atoms with van der Waals surface area (Å²) >= 11 is 0. The van der Waals surface area contributed by atoms with Crippen molar-refractivity contribution < 1.29 is 4.79 Å². The third-order valence-corrected chi connectivity index (χ3v) is 3.27. The van der Waals surface area contributed by atoms with Crippen molar-refractivity contribution in [1.29, 1.82) is 0 Å². The van der Waals surface area contributed by atoms with Crippen LogP contribution in [-0.2, 0) is 4.79 Å². The Balaban J connectivity index is 2.22. The van der Waals surface area contributed by atoms with Crippen LogP contribution in [0.25, 0.3) is 0 Å². The van der Waals surface area contributed by atoms with Crippen LogP contribution < -0.4 is 10.6 Å². The van der Waals surface area contributed by atoms with E-state index in [4.69, 9.17) is 0 Å². The minimum atomic E-state index is 0.00787. The zero-order chi connectivity index (χ0) is 12.2. The van der Waals surface area contributed by atoms with E-state index in [0.29, 0.717) is 18.5 Å². The lowest BCUT2D eigenvalue weighted by atomic mass is 10.00. The SMILES string of the molecule is C[C@@H](NC(=O)CNC(C)(C)C)C1CCCC1. The van der Waals surface area contributed by atoms with Gasteiger partial charge in [-0.05, 0) is 46.5 Å². The van der Waals surface area contributed by atoms with Gasteiger partial charge in [0.25, 0.3) is 0 Å². The third-order valence-electron chi connectivity index (χ3n) is 3.27. The van der Waals surface area contributed by atoms with Crippen LogP contribution >= 0.6 is 0 Å². The number of rotatable bonds is 4. The summed E-state index contributed by atoms with van der Waals surface area (Å²) in [6.07, 6.45) is 5.19. The maximum absolute atomic E-state index is 11.7. The molecule has 0 unspecified atom stereocenters. The fourth-order valence-electron chi connectivity index (χ4n) is 2.23. The molecular weight excluding hydrogens is 200 g/mol. The smallest absolute Gasteiger partial charge is 0.234 e. The van der Waals surface area contributed by atoms with Crippen molar-refractivity contribution in [2.75, 3.05) is 6.54 Å². The highest BCUT2D eigenvalue weighted by molar-refractivity contribution is 5.78. The van der Waals surface area contributed by atoms with Gasteiger partial charge in [-0.2, -0.15) is 0 Å². The topological polar surface area (TPSA) is 41.1 Å². The molecule has 1 atom stereocenters. The Hall–Kier alpha value is -0.570. The Morgan fingerprint density at radius 1 is 1.31 bits per heavy atom. The van der Waals surface area contributed by atoms with Gasteiger partial charge in [-0.15, -0.1) is 0 Å². The van der Waals surface area contributed by atoms with Crippen molar-refractivity contribution in [3.63, 3.8) is 0 Å². The van der Waals surface area contributed by atoms with Crippen LogP contribution in [0.2, 0.25) is 0 Å². The monoisotopic (exact) mass is 226 g/mol. The van der Waals surface area contributed by atoms with Crippen molar-refractivity contribution in [2.45, 2.75) is 65.0 Å². The Labute approximate surface area is 99.4 Å². The molecule has 1 aliphatic carbocycles. The summed E-state index contributed by atoms with van der Waals surface area (Å²) in [5.74, 6) is 0.813. The normalized spacial score (nSPS) is 19.8. The largest absolute Gasteiger partial charge is 0.352 e. The summed E-state index contributed by atoms with van der Waals surface area (Å²) in [6.45, 7) is 8.76. The molecule has 1 amide bonds. The molecule has 3 heteroatoms. The standard InChI is InChI=1S/C13H26N2O/c1-10(11-7-5-6-8-11)15-12(16)9-14-13(2,3)4/h10-11,14H,5-9H2,1-4H3,(H,15,16)/t10-/m1/s1. The molecule has 0 bridgehead atoms. The summed E-state index contributed by atoms with van der Waals surface area (Å²) < 4.78 is 0. The average Bonchev–Trinajstić information content (AvgIpc) is 2.66. The van der Waals surface area contributed by atoms with Gasteiger partial charge < -0.3 is 10.6 Å². The molecule has 0 aliphatic heterocycles. The van der Waals surface area contributed by atoms with E-state index in [0.717, 1.165) is 0 Å². The van der Waals surface area contributed by atoms with Gasteiger partial charge in [-0.25, -0.2) is 0 Å². The van der Waals surface area contributed by atoms with Crippen LogP contribution in [0.1, 0.15) is 53.4 Å². The Kier molecular flexibility index (Phi) is 4.78. The van der Waals surface area contributed by atoms with Crippen LogP contribution in [0.15, 0.2) is 0 Å². The minimum Gasteiger partial charge on any atom is -0.352 e. The first kappa shape index (κ1) is 13.5.